The molecule has 1 N–H and O–H groups in total. The van der Waals surface area contributed by atoms with Gasteiger partial charge in [-0.3, -0.25) is 9.67 Å². The first kappa shape index (κ1) is 20.5. The second-order valence-corrected chi connectivity index (χ2v) is 7.57. The van der Waals surface area contributed by atoms with Crippen LogP contribution in [0.25, 0.3) is 5.70 Å². The number of aliphatic imine (C=N–C) groups is 1. The Morgan fingerprint density at radius 2 is 1.87 bits per heavy atom. The molecule has 6 nitrogen and oxygen atoms in total. The van der Waals surface area contributed by atoms with Crippen LogP contribution >= 0.6 is 0 Å². The van der Waals surface area contributed by atoms with Crippen LogP contribution in [-0.4, -0.2) is 44.5 Å². The van der Waals surface area contributed by atoms with Crippen molar-refractivity contribution in [2.45, 2.75) is 50.4 Å². The second kappa shape index (κ2) is 8.14. The van der Waals surface area contributed by atoms with Crippen molar-refractivity contribution in [2.75, 3.05) is 0 Å². The largest absolute Gasteiger partial charge is 0.573 e. The summed E-state index contributed by atoms with van der Waals surface area (Å²) in [6, 6.07) is 5.62. The Morgan fingerprint density at radius 3 is 2.50 bits per heavy atom. The number of alkyl halides is 3. The number of nitrogens with zero attached hydrogens (tertiary/aromatic N) is 4. The average Bonchev–Trinajstić information content (AvgIpc) is 3.14. The summed E-state index contributed by atoms with van der Waals surface area (Å²) in [5.74, 6) is -0.274. The van der Waals surface area contributed by atoms with E-state index in [0.29, 0.717) is 6.42 Å². The van der Waals surface area contributed by atoms with Crippen LogP contribution in [0.1, 0.15) is 43.0 Å². The maximum Gasteiger partial charge on any atom is 0.573 e. The fraction of sp³-hybridized carbons (Fsp3) is 0.429. The molecular formula is C21H23F3N4O2. The van der Waals surface area contributed by atoms with Crippen LogP contribution < -0.4 is 4.74 Å². The Kier molecular flexibility index (Phi) is 5.55. The molecule has 1 aliphatic carbocycles. The van der Waals surface area contributed by atoms with E-state index in [0.717, 1.165) is 36.1 Å². The number of aryl methyl sites for hydroxylation is 1. The van der Waals surface area contributed by atoms with E-state index < -0.39 is 12.5 Å². The molecule has 1 aromatic carbocycles. The summed E-state index contributed by atoms with van der Waals surface area (Å²) in [6.45, 7) is 0. The third-order valence-corrected chi connectivity index (χ3v) is 5.46. The summed E-state index contributed by atoms with van der Waals surface area (Å²) in [5.41, 5.74) is 2.40. The highest BCUT2D eigenvalue weighted by atomic mass is 19.4. The highest BCUT2D eigenvalue weighted by molar-refractivity contribution is 5.86. The molecule has 0 spiro atoms. The number of aromatic nitrogens is 2. The maximum absolute atomic E-state index is 12.5. The van der Waals surface area contributed by atoms with Crippen LogP contribution in [0.2, 0.25) is 0 Å². The second-order valence-electron chi connectivity index (χ2n) is 7.57. The molecule has 0 saturated heterocycles. The number of benzene rings is 1. The van der Waals surface area contributed by atoms with E-state index in [9.17, 15) is 18.3 Å². The van der Waals surface area contributed by atoms with E-state index in [1.54, 1.807) is 29.2 Å². The molecule has 0 bridgehead atoms. The molecule has 1 unspecified atom stereocenters. The minimum atomic E-state index is -4.73. The van der Waals surface area contributed by atoms with E-state index in [2.05, 4.69) is 19.7 Å². The number of aliphatic hydroxyl groups is 1. The third-order valence-electron chi connectivity index (χ3n) is 5.46. The molecule has 2 aromatic rings. The minimum Gasteiger partial charge on any atom is -0.406 e. The molecule has 9 heteroatoms. The van der Waals surface area contributed by atoms with Gasteiger partial charge in [0.1, 0.15) is 5.75 Å². The lowest BCUT2D eigenvalue weighted by Gasteiger charge is -2.44. The summed E-state index contributed by atoms with van der Waals surface area (Å²) < 4.78 is 43.2. The molecule has 1 aliphatic heterocycles. The molecule has 2 heterocycles. The number of allylic oxidation sites excluding steroid dienone is 1. The molecule has 1 saturated carbocycles. The highest BCUT2D eigenvalue weighted by Crippen LogP contribution is 2.40. The van der Waals surface area contributed by atoms with Crippen molar-refractivity contribution in [1.82, 2.24) is 14.7 Å². The average molecular weight is 420 g/mol. The molecular weight excluding hydrogens is 397 g/mol. The first-order valence-corrected chi connectivity index (χ1v) is 9.86. The van der Waals surface area contributed by atoms with E-state index in [4.69, 9.17) is 0 Å². The molecule has 0 amide bonds. The standard InChI is InChI=1S/C21H23F3N4O2/c1-27-13-15(12-26-27)20-25-11-10-17(28(20)18-4-2-3-5-19(18)29)14-6-8-16(9-7-14)30-21(22,23)24/h6-13,18-20,29H,2-5H2,1H3/t18-,19+,20?/m0/s1. The highest BCUT2D eigenvalue weighted by Gasteiger charge is 2.37. The maximum atomic E-state index is 12.5. The van der Waals surface area contributed by atoms with E-state index >= 15 is 0 Å². The first-order valence-electron chi connectivity index (χ1n) is 9.86. The van der Waals surface area contributed by atoms with Crippen molar-refractivity contribution in [3.05, 3.63) is 53.9 Å². The Morgan fingerprint density at radius 1 is 1.13 bits per heavy atom. The number of rotatable bonds is 4. The summed E-state index contributed by atoms with van der Waals surface area (Å²) in [5, 5.41) is 15.0. The van der Waals surface area contributed by atoms with Gasteiger partial charge in [-0.05, 0) is 48.7 Å². The predicted octanol–water partition coefficient (Wildman–Crippen LogP) is 4.05. The fourth-order valence-corrected chi connectivity index (χ4v) is 4.15. The third kappa shape index (κ3) is 4.35. The van der Waals surface area contributed by atoms with Crippen LogP contribution in [0.4, 0.5) is 13.2 Å². The number of halogens is 3. The topological polar surface area (TPSA) is 62.9 Å². The Balaban J connectivity index is 1.69. The smallest absolute Gasteiger partial charge is 0.406 e. The Labute approximate surface area is 172 Å². The Hall–Kier alpha value is -2.81. The quantitative estimate of drug-likeness (QED) is 0.811. The van der Waals surface area contributed by atoms with Gasteiger partial charge in [-0.1, -0.05) is 12.8 Å². The van der Waals surface area contributed by atoms with Gasteiger partial charge in [-0.15, -0.1) is 13.2 Å². The predicted molar refractivity (Wildman–Crippen MR) is 106 cm³/mol. The van der Waals surface area contributed by atoms with Gasteiger partial charge in [0.2, 0.25) is 0 Å². The fourth-order valence-electron chi connectivity index (χ4n) is 4.15. The molecule has 1 fully saturated rings. The first-order chi connectivity index (χ1) is 14.3. The molecule has 1 aromatic heterocycles. The summed E-state index contributed by atoms with van der Waals surface area (Å²) >= 11 is 0. The number of hydrogen-bond donors (Lipinski definition) is 1. The van der Waals surface area contributed by atoms with Crippen molar-refractivity contribution < 1.29 is 23.0 Å². The molecule has 160 valence electrons. The summed E-state index contributed by atoms with van der Waals surface area (Å²) in [6.07, 6.45) is 5.00. The molecule has 30 heavy (non-hydrogen) atoms. The number of hydrogen-bond acceptors (Lipinski definition) is 5. The lowest BCUT2D eigenvalue weighted by molar-refractivity contribution is -0.274. The van der Waals surface area contributed by atoms with Crippen LogP contribution in [0.15, 0.2) is 47.7 Å². The van der Waals surface area contributed by atoms with Gasteiger partial charge in [0, 0.05) is 30.7 Å². The van der Waals surface area contributed by atoms with Crippen LogP contribution in [0.5, 0.6) is 5.75 Å². The Bertz CT molecular complexity index is 936. The zero-order valence-corrected chi connectivity index (χ0v) is 16.5. The van der Waals surface area contributed by atoms with Gasteiger partial charge >= 0.3 is 6.36 Å². The normalized spacial score (nSPS) is 24.6. The van der Waals surface area contributed by atoms with Crippen molar-refractivity contribution in [3.8, 4) is 5.75 Å². The summed E-state index contributed by atoms with van der Waals surface area (Å²) in [7, 11) is 1.83. The van der Waals surface area contributed by atoms with Gasteiger partial charge in [-0.2, -0.15) is 5.10 Å². The number of ether oxygens (including phenoxy) is 1. The number of aliphatic hydroxyl groups excluding tert-OH is 1. The minimum absolute atomic E-state index is 0.154. The lowest BCUT2D eigenvalue weighted by atomic mass is 9.89. The lowest BCUT2D eigenvalue weighted by Crippen LogP contribution is -2.46. The van der Waals surface area contributed by atoms with Crippen molar-refractivity contribution in [3.63, 3.8) is 0 Å². The van der Waals surface area contributed by atoms with Crippen molar-refractivity contribution in [2.24, 2.45) is 12.0 Å². The van der Waals surface area contributed by atoms with Crippen molar-refractivity contribution >= 4 is 11.9 Å². The van der Waals surface area contributed by atoms with E-state index in [-0.39, 0.29) is 18.0 Å². The van der Waals surface area contributed by atoms with Crippen LogP contribution in [0.3, 0.4) is 0 Å². The van der Waals surface area contributed by atoms with Crippen LogP contribution in [0, 0.1) is 0 Å². The molecule has 2 aliphatic rings. The summed E-state index contributed by atoms with van der Waals surface area (Å²) in [4.78, 5) is 6.70. The van der Waals surface area contributed by atoms with Crippen molar-refractivity contribution in [1.29, 1.82) is 0 Å². The van der Waals surface area contributed by atoms with E-state index in [1.165, 1.54) is 12.1 Å². The van der Waals surface area contributed by atoms with Crippen LogP contribution in [-0.2, 0) is 7.05 Å². The van der Waals surface area contributed by atoms with Gasteiger partial charge in [0.25, 0.3) is 0 Å². The zero-order chi connectivity index (χ0) is 21.3. The van der Waals surface area contributed by atoms with Gasteiger partial charge in [0.05, 0.1) is 18.3 Å². The molecule has 3 atom stereocenters. The molecule has 4 rings (SSSR count). The van der Waals surface area contributed by atoms with Gasteiger partial charge < -0.3 is 14.7 Å². The molecule has 0 radical (unpaired) electrons. The zero-order valence-electron chi connectivity index (χ0n) is 16.5. The van der Waals surface area contributed by atoms with Gasteiger partial charge in [0.15, 0.2) is 6.17 Å². The SMILES string of the molecule is Cn1cc(C2N=CC=C(c3ccc(OC(F)(F)F)cc3)N2[C@H]2CCCC[C@H]2O)cn1. The van der Waals surface area contributed by atoms with Gasteiger partial charge in [-0.25, -0.2) is 0 Å². The monoisotopic (exact) mass is 420 g/mol. The van der Waals surface area contributed by atoms with E-state index in [1.807, 2.05) is 19.3 Å².